The van der Waals surface area contributed by atoms with Crippen molar-refractivity contribution in [2.45, 2.75) is 26.0 Å². The monoisotopic (exact) mass is 360 g/mol. The van der Waals surface area contributed by atoms with Gasteiger partial charge < -0.3 is 26.7 Å². The van der Waals surface area contributed by atoms with E-state index in [-0.39, 0.29) is 11.9 Å². The van der Waals surface area contributed by atoms with Crippen LogP contribution in [-0.4, -0.2) is 40.6 Å². The first kappa shape index (κ1) is 19.0. The fourth-order valence-corrected chi connectivity index (χ4v) is 2.11. The van der Waals surface area contributed by atoms with Gasteiger partial charge in [0.25, 0.3) is 0 Å². The maximum atomic E-state index is 6.02. The third kappa shape index (κ3) is 5.36. The Morgan fingerprint density at radius 1 is 1.15 bits per heavy atom. The van der Waals surface area contributed by atoms with E-state index in [1.165, 1.54) is 0 Å². The molecule has 10 nitrogen and oxygen atoms in total. The maximum Gasteiger partial charge on any atom is 0.218 e. The second-order valence-electron chi connectivity index (χ2n) is 5.93. The Hall–Kier alpha value is -3.30. The number of hydrogen-bond donors (Lipinski definition) is 3. The van der Waals surface area contributed by atoms with Crippen molar-refractivity contribution >= 4 is 11.9 Å². The lowest BCUT2D eigenvalue weighted by Gasteiger charge is -2.24. The highest BCUT2D eigenvalue weighted by molar-refractivity contribution is 5.92. The summed E-state index contributed by atoms with van der Waals surface area (Å²) in [6, 6.07) is 7.35. The highest BCUT2D eigenvalue weighted by atomic mass is 16.5. The number of nitrogens with zero attached hydrogens (tertiary/aromatic N) is 5. The van der Waals surface area contributed by atoms with Gasteiger partial charge in [0, 0.05) is 0 Å². The van der Waals surface area contributed by atoms with Crippen LogP contribution in [0.25, 0.3) is 0 Å². The molecule has 0 saturated carbocycles. The lowest BCUT2D eigenvalue weighted by atomic mass is 10.1. The number of rotatable bonds is 7. The molecule has 1 aromatic heterocycles. The lowest BCUT2D eigenvalue weighted by molar-refractivity contribution is 0.103. The zero-order valence-corrected chi connectivity index (χ0v) is 15.1. The number of hydrogen-bond acceptors (Lipinski definition) is 5. The van der Waals surface area contributed by atoms with Crippen molar-refractivity contribution < 1.29 is 9.47 Å². The Morgan fingerprint density at radius 2 is 1.81 bits per heavy atom. The minimum atomic E-state index is -0.659. The zero-order chi connectivity index (χ0) is 19.2. The van der Waals surface area contributed by atoms with E-state index in [1.54, 1.807) is 18.0 Å². The number of benzene rings is 1. The van der Waals surface area contributed by atoms with E-state index in [0.717, 1.165) is 5.75 Å². The molecule has 6 N–H and O–H groups in total. The van der Waals surface area contributed by atoms with Crippen molar-refractivity contribution in [2.24, 2.45) is 27.2 Å². The minimum Gasteiger partial charge on any atom is -0.497 e. The van der Waals surface area contributed by atoms with Crippen LogP contribution < -0.4 is 26.7 Å². The third-order valence-electron chi connectivity index (χ3n) is 3.43. The maximum absolute atomic E-state index is 6.02. The van der Waals surface area contributed by atoms with Crippen molar-refractivity contribution in [1.29, 1.82) is 0 Å². The molecular weight excluding hydrogens is 336 g/mol. The van der Waals surface area contributed by atoms with E-state index in [2.05, 4.69) is 20.3 Å². The van der Waals surface area contributed by atoms with Crippen molar-refractivity contribution in [3.63, 3.8) is 0 Å². The van der Waals surface area contributed by atoms with Crippen LogP contribution >= 0.6 is 0 Å². The number of nitrogens with two attached hydrogens (primary N) is 3. The summed E-state index contributed by atoms with van der Waals surface area (Å²) in [4.78, 5) is 7.67. The summed E-state index contributed by atoms with van der Waals surface area (Å²) in [6.45, 7) is 4.68. The molecular formula is C16H24N8O2. The van der Waals surface area contributed by atoms with Crippen molar-refractivity contribution in [1.82, 2.24) is 15.0 Å². The summed E-state index contributed by atoms with van der Waals surface area (Å²) in [5.41, 5.74) is 16.0. The molecule has 2 rings (SSSR count). The van der Waals surface area contributed by atoms with Gasteiger partial charge in [-0.25, -0.2) is 4.99 Å². The topological polar surface area (TPSA) is 152 Å². The van der Waals surface area contributed by atoms with Crippen molar-refractivity contribution in [3.05, 3.63) is 36.2 Å². The third-order valence-corrected chi connectivity index (χ3v) is 3.43. The van der Waals surface area contributed by atoms with Gasteiger partial charge >= 0.3 is 0 Å². The molecule has 0 aliphatic rings. The highest BCUT2D eigenvalue weighted by Gasteiger charge is 2.26. The first-order valence-electron chi connectivity index (χ1n) is 7.93. The molecule has 0 unspecified atom stereocenters. The predicted octanol–water partition coefficient (Wildman–Crippen LogP) is 0.189. The fourth-order valence-electron chi connectivity index (χ4n) is 2.11. The highest BCUT2D eigenvalue weighted by Crippen LogP contribution is 2.27. The van der Waals surface area contributed by atoms with Crippen LogP contribution in [0, 0.1) is 0 Å². The van der Waals surface area contributed by atoms with Crippen LogP contribution in [0.3, 0.4) is 0 Å². The molecule has 10 heteroatoms. The van der Waals surface area contributed by atoms with Gasteiger partial charge in [-0.3, -0.25) is 4.68 Å². The summed E-state index contributed by atoms with van der Waals surface area (Å²) in [5.74, 6) is 1.36. The average Bonchev–Trinajstić information content (AvgIpc) is 3.04. The van der Waals surface area contributed by atoms with Crippen LogP contribution in [0.1, 0.15) is 19.5 Å². The second-order valence-corrected chi connectivity index (χ2v) is 5.93. The molecule has 0 aliphatic carbocycles. The molecule has 1 heterocycles. The van der Waals surface area contributed by atoms with E-state index < -0.39 is 5.60 Å². The molecule has 0 radical (unpaired) electrons. The summed E-state index contributed by atoms with van der Waals surface area (Å²) < 4.78 is 12.8. The molecule has 0 saturated heterocycles. The van der Waals surface area contributed by atoms with Gasteiger partial charge in [-0.1, -0.05) is 5.21 Å². The van der Waals surface area contributed by atoms with Crippen LogP contribution in [0.15, 0.2) is 40.4 Å². The molecule has 140 valence electrons. The summed E-state index contributed by atoms with van der Waals surface area (Å²) >= 11 is 0. The average molecular weight is 360 g/mol. The van der Waals surface area contributed by atoms with Gasteiger partial charge in [-0.05, 0) is 38.1 Å². The number of methoxy groups -OCH3 is 1. The number of ether oxygens (including phenoxy) is 2. The Kier molecular flexibility index (Phi) is 5.99. The van der Waals surface area contributed by atoms with Gasteiger partial charge in [0.05, 0.1) is 26.4 Å². The Bertz CT molecular complexity index is 776. The van der Waals surface area contributed by atoms with E-state index in [0.29, 0.717) is 24.5 Å². The SMILES string of the molecule is COc1ccc(OC(C)(C)c2cn(CCN=C(N)N=C(N)N)nn2)cc1. The van der Waals surface area contributed by atoms with Gasteiger partial charge in [-0.2, -0.15) is 4.99 Å². The molecule has 0 fully saturated rings. The van der Waals surface area contributed by atoms with Crippen molar-refractivity contribution in [3.8, 4) is 11.5 Å². The van der Waals surface area contributed by atoms with E-state index in [4.69, 9.17) is 26.7 Å². The largest absolute Gasteiger partial charge is 0.497 e. The molecule has 0 amide bonds. The molecule has 0 atom stereocenters. The van der Waals surface area contributed by atoms with Gasteiger partial charge in [0.2, 0.25) is 5.96 Å². The molecule has 0 spiro atoms. The Labute approximate surface area is 151 Å². The van der Waals surface area contributed by atoms with Crippen LogP contribution in [0.2, 0.25) is 0 Å². The summed E-state index contributed by atoms with van der Waals surface area (Å²) in [5, 5.41) is 8.26. The number of aromatic nitrogens is 3. The van der Waals surface area contributed by atoms with Gasteiger partial charge in [-0.15, -0.1) is 5.10 Å². The predicted molar refractivity (Wildman–Crippen MR) is 99.0 cm³/mol. The zero-order valence-electron chi connectivity index (χ0n) is 15.1. The molecule has 1 aromatic carbocycles. The van der Waals surface area contributed by atoms with Gasteiger partial charge in [0.15, 0.2) is 5.96 Å². The normalized spacial score (nSPS) is 11.9. The summed E-state index contributed by atoms with van der Waals surface area (Å²) in [7, 11) is 1.62. The van der Waals surface area contributed by atoms with E-state index in [1.807, 2.05) is 38.1 Å². The first-order chi connectivity index (χ1) is 12.3. The van der Waals surface area contributed by atoms with Crippen molar-refractivity contribution in [2.75, 3.05) is 13.7 Å². The van der Waals surface area contributed by atoms with E-state index in [9.17, 15) is 0 Å². The molecule has 0 aliphatic heterocycles. The Morgan fingerprint density at radius 3 is 2.42 bits per heavy atom. The smallest absolute Gasteiger partial charge is 0.218 e. The van der Waals surface area contributed by atoms with E-state index >= 15 is 0 Å². The number of guanidine groups is 2. The quantitative estimate of drug-likeness (QED) is 0.470. The Balaban J connectivity index is 1.99. The fraction of sp³-hybridized carbons (Fsp3) is 0.375. The van der Waals surface area contributed by atoms with Gasteiger partial charge in [0.1, 0.15) is 22.8 Å². The standard InChI is InChI=1S/C16H24N8O2/c1-16(2,26-12-6-4-11(25-3)5-7-12)13-10-24(23-22-13)9-8-20-15(19)21-14(17)18/h4-7,10H,8-9H2,1-3H3,(H6,17,18,19,20,21). The molecule has 26 heavy (non-hydrogen) atoms. The molecule has 2 aromatic rings. The first-order valence-corrected chi connectivity index (χ1v) is 7.93. The van der Waals surface area contributed by atoms with Crippen LogP contribution in [0.4, 0.5) is 0 Å². The van der Waals surface area contributed by atoms with Crippen LogP contribution in [0.5, 0.6) is 11.5 Å². The lowest BCUT2D eigenvalue weighted by Crippen LogP contribution is -2.26. The summed E-state index contributed by atoms with van der Waals surface area (Å²) in [6.07, 6.45) is 1.80. The molecule has 0 bridgehead atoms. The second kappa shape index (κ2) is 8.19. The number of aliphatic imine (C=N–C) groups is 2. The van der Waals surface area contributed by atoms with Crippen LogP contribution in [-0.2, 0) is 12.1 Å². The minimum absolute atomic E-state index is 0.0218.